The van der Waals surface area contributed by atoms with Crippen molar-refractivity contribution in [2.45, 2.75) is 31.7 Å². The highest BCUT2D eigenvalue weighted by atomic mass is 35.5. The lowest BCUT2D eigenvalue weighted by Crippen LogP contribution is -2.52. The van der Waals surface area contributed by atoms with E-state index in [2.05, 4.69) is 20.9 Å². The lowest BCUT2D eigenvalue weighted by Gasteiger charge is -2.36. The minimum atomic E-state index is -1.41. The summed E-state index contributed by atoms with van der Waals surface area (Å²) in [6.45, 7) is 4.41. The maximum absolute atomic E-state index is 12.8. The van der Waals surface area contributed by atoms with Crippen molar-refractivity contribution in [2.24, 2.45) is 0 Å². The fourth-order valence-corrected chi connectivity index (χ4v) is 4.38. The van der Waals surface area contributed by atoms with Gasteiger partial charge in [0, 0.05) is 54.9 Å². The van der Waals surface area contributed by atoms with Crippen LogP contribution in [0.4, 0.5) is 10.5 Å². The average Bonchev–Trinajstić information content (AvgIpc) is 2.98. The summed E-state index contributed by atoms with van der Waals surface area (Å²) < 4.78 is 0. The minimum Gasteiger partial charge on any atom is -0.368 e. The Kier molecular flexibility index (Phi) is 7.27. The predicted octanol–water partition coefficient (Wildman–Crippen LogP) is 1.53. The molecule has 0 radical (unpaired) electrons. The van der Waals surface area contributed by atoms with E-state index >= 15 is 0 Å². The molecule has 1 unspecified atom stereocenters. The number of benzene rings is 1. The summed E-state index contributed by atoms with van der Waals surface area (Å²) in [7, 11) is 0. The lowest BCUT2D eigenvalue weighted by molar-refractivity contribution is -0.134. The standard InChI is InChI=1S/C20H25Cl2N5O4/c1-2-23-16(28)12-20(18(30)24-19(31)25-20)4-3-17(29)27-7-5-26(6-8-27)15-10-13(21)9-14(22)11-15/h9-11H,2-8,12H2,1H3,(H,23,28)(H2,24,25,30,31). The molecule has 0 saturated carbocycles. The number of hydrogen-bond acceptors (Lipinski definition) is 5. The van der Waals surface area contributed by atoms with Crippen molar-refractivity contribution < 1.29 is 19.2 Å². The molecule has 2 heterocycles. The Morgan fingerprint density at radius 1 is 1.10 bits per heavy atom. The molecule has 1 atom stereocenters. The summed E-state index contributed by atoms with van der Waals surface area (Å²) in [5.41, 5.74) is -0.512. The Hall–Kier alpha value is -2.52. The van der Waals surface area contributed by atoms with Gasteiger partial charge in [0.25, 0.3) is 5.91 Å². The number of carbonyl (C=O) groups is 4. The molecule has 0 spiro atoms. The number of hydrogen-bond donors (Lipinski definition) is 3. The van der Waals surface area contributed by atoms with E-state index in [0.29, 0.717) is 42.8 Å². The van der Waals surface area contributed by atoms with Gasteiger partial charge in [0.1, 0.15) is 5.54 Å². The number of nitrogens with one attached hydrogen (secondary N) is 3. The van der Waals surface area contributed by atoms with E-state index in [-0.39, 0.29) is 31.1 Å². The smallest absolute Gasteiger partial charge is 0.322 e. The Bertz CT molecular complexity index is 868. The summed E-state index contributed by atoms with van der Waals surface area (Å²) in [5.74, 6) is -1.08. The van der Waals surface area contributed by atoms with Gasteiger partial charge < -0.3 is 20.4 Å². The lowest BCUT2D eigenvalue weighted by atomic mass is 9.89. The van der Waals surface area contributed by atoms with Gasteiger partial charge in [0.05, 0.1) is 6.42 Å². The Labute approximate surface area is 190 Å². The van der Waals surface area contributed by atoms with Crippen molar-refractivity contribution >= 4 is 52.6 Å². The minimum absolute atomic E-state index is 0.0378. The zero-order chi connectivity index (χ0) is 22.6. The number of amides is 5. The molecule has 168 valence electrons. The molecule has 0 aromatic heterocycles. The highest BCUT2D eigenvalue weighted by Gasteiger charge is 2.47. The van der Waals surface area contributed by atoms with Gasteiger partial charge in [-0.2, -0.15) is 0 Å². The van der Waals surface area contributed by atoms with Crippen LogP contribution in [0.2, 0.25) is 10.0 Å². The first kappa shape index (κ1) is 23.1. The van der Waals surface area contributed by atoms with Gasteiger partial charge in [-0.1, -0.05) is 23.2 Å². The fourth-order valence-electron chi connectivity index (χ4n) is 3.87. The number of urea groups is 1. The second-order valence-corrected chi connectivity index (χ2v) is 8.49. The van der Waals surface area contributed by atoms with Crippen LogP contribution in [0.1, 0.15) is 26.2 Å². The number of imide groups is 1. The third-order valence-corrected chi connectivity index (χ3v) is 5.90. The van der Waals surface area contributed by atoms with Crippen molar-refractivity contribution in [3.05, 3.63) is 28.2 Å². The third kappa shape index (κ3) is 5.59. The summed E-state index contributed by atoms with van der Waals surface area (Å²) in [6.07, 6.45) is -0.129. The van der Waals surface area contributed by atoms with Crippen LogP contribution in [0.15, 0.2) is 18.2 Å². The molecule has 9 nitrogen and oxygen atoms in total. The van der Waals surface area contributed by atoms with Crippen molar-refractivity contribution in [3.63, 3.8) is 0 Å². The molecule has 5 amide bonds. The zero-order valence-electron chi connectivity index (χ0n) is 17.2. The van der Waals surface area contributed by atoms with Crippen molar-refractivity contribution in [2.75, 3.05) is 37.6 Å². The summed E-state index contributed by atoms with van der Waals surface area (Å²) in [4.78, 5) is 52.7. The van der Waals surface area contributed by atoms with Crippen molar-refractivity contribution in [1.29, 1.82) is 0 Å². The van der Waals surface area contributed by atoms with Crippen LogP contribution in [-0.2, 0) is 14.4 Å². The number of halogens is 2. The summed E-state index contributed by atoms with van der Waals surface area (Å²) in [5, 5.41) is 8.43. The predicted molar refractivity (Wildman–Crippen MR) is 117 cm³/mol. The number of anilines is 1. The van der Waals surface area contributed by atoms with Gasteiger partial charge in [0.15, 0.2) is 0 Å². The number of rotatable bonds is 7. The van der Waals surface area contributed by atoms with Crippen LogP contribution in [-0.4, -0.2) is 66.9 Å². The van der Waals surface area contributed by atoms with Gasteiger partial charge in [-0.05, 0) is 31.5 Å². The van der Waals surface area contributed by atoms with E-state index in [1.54, 1.807) is 17.9 Å². The summed E-state index contributed by atoms with van der Waals surface area (Å²) in [6, 6.07) is 4.67. The third-order valence-electron chi connectivity index (χ3n) is 5.46. The van der Waals surface area contributed by atoms with Crippen molar-refractivity contribution in [1.82, 2.24) is 20.9 Å². The Balaban J connectivity index is 1.57. The second-order valence-electron chi connectivity index (χ2n) is 7.62. The molecule has 1 aromatic rings. The SMILES string of the molecule is CCNC(=O)CC1(CCC(=O)N2CCN(c3cc(Cl)cc(Cl)c3)CC2)NC(=O)NC1=O. The average molecular weight is 470 g/mol. The molecular weight excluding hydrogens is 445 g/mol. The monoisotopic (exact) mass is 469 g/mol. The first-order chi connectivity index (χ1) is 14.7. The Morgan fingerprint density at radius 3 is 2.29 bits per heavy atom. The van der Waals surface area contributed by atoms with Crippen LogP contribution in [0.3, 0.4) is 0 Å². The van der Waals surface area contributed by atoms with Crippen LogP contribution in [0, 0.1) is 0 Å². The number of piperazine rings is 1. The molecule has 2 aliphatic heterocycles. The van der Waals surface area contributed by atoms with Gasteiger partial charge in [-0.25, -0.2) is 4.79 Å². The largest absolute Gasteiger partial charge is 0.368 e. The molecule has 2 saturated heterocycles. The molecular formula is C20H25Cl2N5O4. The normalized spacial score (nSPS) is 21.0. The number of nitrogens with zero attached hydrogens (tertiary/aromatic N) is 2. The molecule has 11 heteroatoms. The molecule has 31 heavy (non-hydrogen) atoms. The molecule has 1 aromatic carbocycles. The van der Waals surface area contributed by atoms with Crippen LogP contribution >= 0.6 is 23.2 Å². The summed E-state index contributed by atoms with van der Waals surface area (Å²) >= 11 is 12.2. The highest BCUT2D eigenvalue weighted by Crippen LogP contribution is 2.27. The van der Waals surface area contributed by atoms with Gasteiger partial charge in [-0.15, -0.1) is 0 Å². The molecule has 3 rings (SSSR count). The first-order valence-electron chi connectivity index (χ1n) is 10.1. The number of carbonyl (C=O) groups excluding carboxylic acids is 4. The zero-order valence-corrected chi connectivity index (χ0v) is 18.7. The Morgan fingerprint density at radius 2 is 1.74 bits per heavy atom. The van der Waals surface area contributed by atoms with Crippen LogP contribution in [0.5, 0.6) is 0 Å². The topological polar surface area (TPSA) is 111 Å². The molecule has 0 aliphatic carbocycles. The molecule has 0 bridgehead atoms. The second kappa shape index (κ2) is 9.74. The van der Waals surface area contributed by atoms with Crippen molar-refractivity contribution in [3.8, 4) is 0 Å². The van der Waals surface area contributed by atoms with E-state index in [1.807, 2.05) is 12.1 Å². The van der Waals surface area contributed by atoms with E-state index in [9.17, 15) is 19.2 Å². The van der Waals surface area contributed by atoms with Crippen LogP contribution in [0.25, 0.3) is 0 Å². The molecule has 3 N–H and O–H groups in total. The maximum atomic E-state index is 12.8. The molecule has 2 aliphatic rings. The van der Waals surface area contributed by atoms with E-state index in [4.69, 9.17) is 23.2 Å². The van der Waals surface area contributed by atoms with Crippen LogP contribution < -0.4 is 20.9 Å². The highest BCUT2D eigenvalue weighted by molar-refractivity contribution is 6.35. The molecule has 2 fully saturated rings. The fraction of sp³-hybridized carbons (Fsp3) is 0.500. The quantitative estimate of drug-likeness (QED) is 0.524. The van der Waals surface area contributed by atoms with E-state index in [0.717, 1.165) is 5.69 Å². The van der Waals surface area contributed by atoms with Gasteiger partial charge in [-0.3, -0.25) is 19.7 Å². The van der Waals surface area contributed by atoms with E-state index in [1.165, 1.54) is 0 Å². The first-order valence-corrected chi connectivity index (χ1v) is 10.9. The van der Waals surface area contributed by atoms with Gasteiger partial charge >= 0.3 is 6.03 Å². The van der Waals surface area contributed by atoms with E-state index < -0.39 is 17.5 Å². The maximum Gasteiger partial charge on any atom is 0.322 e. The van der Waals surface area contributed by atoms with Gasteiger partial charge in [0.2, 0.25) is 11.8 Å².